The monoisotopic (exact) mass is 484 g/mol. The molecule has 0 aliphatic heterocycles. The molecule has 0 unspecified atom stereocenters. The van der Waals surface area contributed by atoms with Gasteiger partial charge in [0.15, 0.2) is 0 Å². The molecule has 8 heteroatoms. The van der Waals surface area contributed by atoms with E-state index >= 15 is 0 Å². The van der Waals surface area contributed by atoms with Gasteiger partial charge in [-0.3, -0.25) is 9.59 Å². The Morgan fingerprint density at radius 1 is 0.583 bits per heavy atom. The van der Waals surface area contributed by atoms with Crippen molar-refractivity contribution in [3.8, 4) is 24.7 Å². The van der Waals surface area contributed by atoms with E-state index in [1.807, 2.05) is 0 Å². The molecular weight excluding hydrogens is 460 g/mol. The fraction of sp³-hybridized carbons (Fsp3) is 0.0714. The third-order valence-electron chi connectivity index (χ3n) is 4.20. The average Bonchev–Trinajstić information content (AvgIpc) is 2.86. The third-order valence-corrected chi connectivity index (χ3v) is 4.20. The summed E-state index contributed by atoms with van der Waals surface area (Å²) < 4.78 is 0. The molecule has 0 saturated heterocycles. The summed E-state index contributed by atoms with van der Waals surface area (Å²) in [7, 11) is 0. The van der Waals surface area contributed by atoms with Crippen molar-refractivity contribution >= 4 is 35.1 Å². The summed E-state index contributed by atoms with van der Waals surface area (Å²) in [5, 5.41) is 23.6. The van der Waals surface area contributed by atoms with E-state index in [2.05, 4.69) is 35.3 Å². The molecule has 3 rings (SSSR count). The maximum atomic E-state index is 12.4. The van der Waals surface area contributed by atoms with Gasteiger partial charge in [-0.05, 0) is 62.4 Å². The minimum Gasteiger partial charge on any atom is -0.478 e. The SMILES string of the molecule is C#CC.C#CC.O=C(O)c1ccccc1C(=O)Nc1ccc(NC(=O)c2ccccc2C(=O)O)cc1. The second kappa shape index (κ2) is 14.7. The number of terminal acetylenes is 2. The number of aromatic carboxylic acids is 2. The molecule has 0 radical (unpaired) electrons. The van der Waals surface area contributed by atoms with Crippen LogP contribution in [0.25, 0.3) is 0 Å². The number of hydrogen-bond acceptors (Lipinski definition) is 4. The van der Waals surface area contributed by atoms with E-state index in [9.17, 15) is 29.4 Å². The molecule has 3 aromatic carbocycles. The standard InChI is InChI=1S/C22H16N2O6.2C3H4/c25-19(15-5-1-3-7-17(15)21(27)28)23-13-9-11-14(12-10-13)24-20(26)16-6-2-4-8-18(16)22(29)30;2*1-3-2/h1-12H,(H,23,25)(H,24,26)(H,27,28)(H,29,30);2*1H,2H3. The molecule has 0 aromatic heterocycles. The Morgan fingerprint density at radius 2 is 0.833 bits per heavy atom. The fourth-order valence-electron chi connectivity index (χ4n) is 2.77. The fourth-order valence-corrected chi connectivity index (χ4v) is 2.77. The lowest BCUT2D eigenvalue weighted by Crippen LogP contribution is -2.17. The number of carbonyl (C=O) groups excluding carboxylic acids is 2. The Morgan fingerprint density at radius 3 is 1.08 bits per heavy atom. The smallest absolute Gasteiger partial charge is 0.336 e. The van der Waals surface area contributed by atoms with Gasteiger partial charge in [0.2, 0.25) is 0 Å². The highest BCUT2D eigenvalue weighted by atomic mass is 16.4. The topological polar surface area (TPSA) is 133 Å². The molecular formula is C28H24N2O6. The molecule has 0 bridgehead atoms. The predicted molar refractivity (Wildman–Crippen MR) is 138 cm³/mol. The first-order valence-corrected chi connectivity index (χ1v) is 10.3. The molecule has 0 aliphatic carbocycles. The van der Waals surface area contributed by atoms with E-state index in [0.29, 0.717) is 11.4 Å². The third kappa shape index (κ3) is 8.54. The minimum atomic E-state index is -1.21. The van der Waals surface area contributed by atoms with E-state index in [1.165, 1.54) is 60.7 Å². The van der Waals surface area contributed by atoms with Crippen LogP contribution in [0.2, 0.25) is 0 Å². The maximum Gasteiger partial charge on any atom is 0.336 e. The van der Waals surface area contributed by atoms with Gasteiger partial charge in [-0.2, -0.15) is 0 Å². The molecule has 0 spiro atoms. The quantitative estimate of drug-likeness (QED) is 0.369. The number of amides is 2. The summed E-state index contributed by atoms with van der Waals surface area (Å²) in [6, 6.07) is 17.8. The molecule has 4 N–H and O–H groups in total. The zero-order valence-corrected chi connectivity index (χ0v) is 19.6. The number of carboxylic acid groups (broad SMARTS) is 2. The highest BCUT2D eigenvalue weighted by molar-refractivity contribution is 6.12. The van der Waals surface area contributed by atoms with Crippen LogP contribution in [-0.2, 0) is 0 Å². The Hall–Kier alpha value is -5.34. The summed E-state index contributed by atoms with van der Waals surface area (Å²) in [4.78, 5) is 47.3. The van der Waals surface area contributed by atoms with Crippen molar-refractivity contribution in [3.63, 3.8) is 0 Å². The van der Waals surface area contributed by atoms with Crippen molar-refractivity contribution < 1.29 is 29.4 Å². The highest BCUT2D eigenvalue weighted by Crippen LogP contribution is 2.18. The number of hydrogen-bond donors (Lipinski definition) is 4. The van der Waals surface area contributed by atoms with Crippen molar-refractivity contribution in [1.29, 1.82) is 0 Å². The van der Waals surface area contributed by atoms with Gasteiger partial charge in [0.05, 0.1) is 22.3 Å². The van der Waals surface area contributed by atoms with E-state index < -0.39 is 23.8 Å². The summed E-state index contributed by atoms with van der Waals surface area (Å²) in [5.41, 5.74) is 0.598. The number of rotatable bonds is 6. The summed E-state index contributed by atoms with van der Waals surface area (Å²) >= 11 is 0. The molecule has 182 valence electrons. The Labute approximate surface area is 209 Å². The minimum absolute atomic E-state index is 0.0210. The molecule has 0 fully saturated rings. The second-order valence-electron chi connectivity index (χ2n) is 6.76. The molecule has 8 nitrogen and oxygen atoms in total. The number of nitrogens with one attached hydrogen (secondary N) is 2. The van der Waals surface area contributed by atoms with Gasteiger partial charge in [-0.15, -0.1) is 24.7 Å². The molecule has 0 atom stereocenters. The first-order valence-electron chi connectivity index (χ1n) is 10.3. The van der Waals surface area contributed by atoms with E-state index in [-0.39, 0.29) is 22.3 Å². The average molecular weight is 485 g/mol. The van der Waals surface area contributed by atoms with Crippen molar-refractivity contribution in [2.75, 3.05) is 10.6 Å². The Bertz CT molecular complexity index is 1210. The molecule has 2 amide bonds. The zero-order valence-electron chi connectivity index (χ0n) is 19.6. The molecule has 3 aromatic rings. The van der Waals surface area contributed by atoms with E-state index in [1.54, 1.807) is 26.0 Å². The summed E-state index contributed by atoms with van der Waals surface area (Å²) in [5.74, 6) is 0.918. The van der Waals surface area contributed by atoms with E-state index in [4.69, 9.17) is 0 Å². The summed E-state index contributed by atoms with van der Waals surface area (Å²) in [6.07, 6.45) is 9.19. The van der Waals surface area contributed by atoms with Gasteiger partial charge in [0.1, 0.15) is 0 Å². The van der Waals surface area contributed by atoms with Crippen LogP contribution in [-0.4, -0.2) is 34.0 Å². The summed E-state index contributed by atoms with van der Waals surface area (Å²) in [6.45, 7) is 3.31. The first kappa shape index (κ1) is 28.7. The number of benzene rings is 3. The van der Waals surface area contributed by atoms with Gasteiger partial charge in [-0.1, -0.05) is 24.3 Å². The maximum absolute atomic E-state index is 12.4. The predicted octanol–water partition coefficient (Wildman–Crippen LogP) is 4.87. The molecule has 0 aliphatic rings. The van der Waals surface area contributed by atoms with Crippen LogP contribution >= 0.6 is 0 Å². The number of anilines is 2. The van der Waals surface area contributed by atoms with Crippen LogP contribution in [0.4, 0.5) is 11.4 Å². The molecule has 36 heavy (non-hydrogen) atoms. The number of carboxylic acids is 2. The van der Waals surface area contributed by atoms with Crippen molar-refractivity contribution in [1.82, 2.24) is 0 Å². The van der Waals surface area contributed by atoms with Crippen LogP contribution in [0.5, 0.6) is 0 Å². The van der Waals surface area contributed by atoms with Crippen LogP contribution in [0.1, 0.15) is 55.3 Å². The Balaban J connectivity index is 0.000000982. The van der Waals surface area contributed by atoms with Crippen LogP contribution in [0.3, 0.4) is 0 Å². The van der Waals surface area contributed by atoms with Crippen LogP contribution in [0, 0.1) is 24.7 Å². The van der Waals surface area contributed by atoms with Gasteiger partial charge < -0.3 is 20.8 Å². The lowest BCUT2D eigenvalue weighted by Gasteiger charge is -2.10. The van der Waals surface area contributed by atoms with E-state index in [0.717, 1.165) is 0 Å². The normalized spacial score (nSPS) is 8.89. The molecule has 0 heterocycles. The second-order valence-corrected chi connectivity index (χ2v) is 6.76. The number of carbonyl (C=O) groups is 4. The lowest BCUT2D eigenvalue weighted by atomic mass is 10.1. The Kier molecular flexibility index (Phi) is 11.7. The lowest BCUT2D eigenvalue weighted by molar-refractivity contribution is 0.0683. The van der Waals surface area contributed by atoms with Gasteiger partial charge in [-0.25, -0.2) is 9.59 Å². The zero-order chi connectivity index (χ0) is 27.1. The van der Waals surface area contributed by atoms with Crippen molar-refractivity contribution in [3.05, 3.63) is 95.1 Å². The highest BCUT2D eigenvalue weighted by Gasteiger charge is 2.17. The largest absolute Gasteiger partial charge is 0.478 e. The van der Waals surface area contributed by atoms with Crippen LogP contribution in [0.15, 0.2) is 72.8 Å². The van der Waals surface area contributed by atoms with Crippen LogP contribution < -0.4 is 10.6 Å². The van der Waals surface area contributed by atoms with Crippen molar-refractivity contribution in [2.24, 2.45) is 0 Å². The van der Waals surface area contributed by atoms with Gasteiger partial charge in [0.25, 0.3) is 11.8 Å². The molecule has 0 saturated carbocycles. The van der Waals surface area contributed by atoms with Gasteiger partial charge >= 0.3 is 11.9 Å². The van der Waals surface area contributed by atoms with Crippen molar-refractivity contribution in [2.45, 2.75) is 13.8 Å². The van der Waals surface area contributed by atoms with Gasteiger partial charge in [0, 0.05) is 11.4 Å². The first-order chi connectivity index (χ1) is 17.2.